The summed E-state index contributed by atoms with van der Waals surface area (Å²) >= 11 is 0. The van der Waals surface area contributed by atoms with Crippen molar-refractivity contribution in [2.24, 2.45) is 0 Å². The minimum absolute atomic E-state index is 0.811. The summed E-state index contributed by atoms with van der Waals surface area (Å²) in [6.45, 7) is 1.94. The molecule has 3 heteroatoms. The molecule has 0 fully saturated rings. The molecule has 0 unspecified atom stereocenters. The molecule has 4 rings (SSSR count). The van der Waals surface area contributed by atoms with Gasteiger partial charge in [0.1, 0.15) is 5.82 Å². The fourth-order valence-electron chi connectivity index (χ4n) is 2.54. The molecular formula is C15H11N3. The first kappa shape index (κ1) is 9.59. The summed E-state index contributed by atoms with van der Waals surface area (Å²) in [5.41, 5.74) is 5.36. The molecule has 3 nitrogen and oxygen atoms in total. The Bertz CT molecular complexity index is 778. The predicted molar refractivity (Wildman–Crippen MR) is 73.0 cm³/mol. The molecule has 0 amide bonds. The number of nitrogens with one attached hydrogen (secondary N) is 1. The SMILES string of the molecule is Cc1nc2c3c(cccc3n1)Nc1ccccc1-2. The smallest absolute Gasteiger partial charge is 0.126 e. The number of benzene rings is 2. The van der Waals surface area contributed by atoms with Crippen molar-refractivity contribution in [3.8, 4) is 11.3 Å². The number of para-hydroxylation sites is 1. The van der Waals surface area contributed by atoms with E-state index < -0.39 is 0 Å². The minimum atomic E-state index is 0.811. The molecule has 1 N–H and O–H groups in total. The van der Waals surface area contributed by atoms with Crippen molar-refractivity contribution < 1.29 is 0 Å². The summed E-state index contributed by atoms with van der Waals surface area (Å²) in [4.78, 5) is 9.12. The van der Waals surface area contributed by atoms with E-state index in [1.165, 1.54) is 0 Å². The lowest BCUT2D eigenvalue weighted by molar-refractivity contribution is 1.09. The van der Waals surface area contributed by atoms with E-state index in [-0.39, 0.29) is 0 Å². The van der Waals surface area contributed by atoms with Gasteiger partial charge < -0.3 is 5.32 Å². The molecule has 0 radical (unpaired) electrons. The Morgan fingerprint density at radius 2 is 1.72 bits per heavy atom. The Labute approximate surface area is 105 Å². The van der Waals surface area contributed by atoms with Crippen molar-refractivity contribution in [3.05, 3.63) is 48.3 Å². The predicted octanol–water partition coefficient (Wildman–Crippen LogP) is 3.66. The lowest BCUT2D eigenvalue weighted by atomic mass is 9.99. The van der Waals surface area contributed by atoms with Crippen molar-refractivity contribution in [1.29, 1.82) is 0 Å². The van der Waals surface area contributed by atoms with Crippen molar-refractivity contribution >= 4 is 22.3 Å². The highest BCUT2D eigenvalue weighted by molar-refractivity contribution is 6.08. The molecule has 0 aliphatic carbocycles. The van der Waals surface area contributed by atoms with Crippen LogP contribution >= 0.6 is 0 Å². The Morgan fingerprint density at radius 3 is 2.67 bits per heavy atom. The molecule has 1 aromatic heterocycles. The Balaban J connectivity index is 2.22. The molecule has 18 heavy (non-hydrogen) atoms. The standard InChI is InChI=1S/C15H11N3/c1-9-16-12-7-4-8-13-14(12)15(17-9)10-5-2-3-6-11(10)18-13/h2-8,18H,1H3. The zero-order valence-corrected chi connectivity index (χ0v) is 9.94. The summed E-state index contributed by atoms with van der Waals surface area (Å²) in [6, 6.07) is 14.4. The van der Waals surface area contributed by atoms with Crippen molar-refractivity contribution in [2.45, 2.75) is 6.92 Å². The number of aryl methyl sites for hydroxylation is 1. The molecule has 0 atom stereocenters. The Morgan fingerprint density at radius 1 is 0.889 bits per heavy atom. The molecule has 2 heterocycles. The molecule has 0 spiro atoms. The number of nitrogens with zero attached hydrogens (tertiary/aromatic N) is 2. The van der Waals surface area contributed by atoms with Gasteiger partial charge in [0, 0.05) is 11.3 Å². The van der Waals surface area contributed by atoms with E-state index in [9.17, 15) is 0 Å². The van der Waals surface area contributed by atoms with E-state index in [1.54, 1.807) is 0 Å². The van der Waals surface area contributed by atoms with Gasteiger partial charge in [0.2, 0.25) is 0 Å². The van der Waals surface area contributed by atoms with Gasteiger partial charge in [-0.15, -0.1) is 0 Å². The fraction of sp³-hybridized carbons (Fsp3) is 0.0667. The van der Waals surface area contributed by atoms with Gasteiger partial charge in [0.15, 0.2) is 0 Å². The van der Waals surface area contributed by atoms with Crippen LogP contribution in [0.25, 0.3) is 22.2 Å². The lowest BCUT2D eigenvalue weighted by Crippen LogP contribution is -2.04. The summed E-state index contributed by atoms with van der Waals surface area (Å²) < 4.78 is 0. The Kier molecular flexibility index (Phi) is 1.75. The lowest BCUT2D eigenvalue weighted by Gasteiger charge is -2.21. The zero-order chi connectivity index (χ0) is 12.1. The van der Waals surface area contributed by atoms with E-state index in [2.05, 4.69) is 33.5 Å². The highest BCUT2D eigenvalue weighted by Crippen LogP contribution is 2.41. The van der Waals surface area contributed by atoms with Gasteiger partial charge in [-0.1, -0.05) is 24.3 Å². The van der Waals surface area contributed by atoms with Crippen LogP contribution in [-0.2, 0) is 0 Å². The quantitative estimate of drug-likeness (QED) is 0.503. The van der Waals surface area contributed by atoms with Crippen LogP contribution in [0.1, 0.15) is 5.82 Å². The fourth-order valence-corrected chi connectivity index (χ4v) is 2.54. The Hall–Kier alpha value is -2.42. The monoisotopic (exact) mass is 233 g/mol. The van der Waals surface area contributed by atoms with Gasteiger partial charge in [-0.2, -0.15) is 0 Å². The third kappa shape index (κ3) is 1.19. The van der Waals surface area contributed by atoms with E-state index in [0.717, 1.165) is 39.4 Å². The third-order valence-corrected chi connectivity index (χ3v) is 3.29. The van der Waals surface area contributed by atoms with Gasteiger partial charge in [-0.05, 0) is 25.1 Å². The number of aromatic nitrogens is 2. The van der Waals surface area contributed by atoms with Crippen molar-refractivity contribution in [3.63, 3.8) is 0 Å². The minimum Gasteiger partial charge on any atom is -0.354 e. The topological polar surface area (TPSA) is 37.8 Å². The third-order valence-electron chi connectivity index (χ3n) is 3.29. The summed E-state index contributed by atoms with van der Waals surface area (Å²) in [5.74, 6) is 0.811. The summed E-state index contributed by atoms with van der Waals surface area (Å²) in [7, 11) is 0. The van der Waals surface area contributed by atoms with Crippen LogP contribution < -0.4 is 5.32 Å². The maximum Gasteiger partial charge on any atom is 0.126 e. The normalized spacial score (nSPS) is 12.1. The van der Waals surface area contributed by atoms with Crippen LogP contribution in [0.4, 0.5) is 11.4 Å². The molecule has 1 aliphatic heterocycles. The molecule has 1 aliphatic rings. The first-order valence-corrected chi connectivity index (χ1v) is 5.97. The van der Waals surface area contributed by atoms with E-state index >= 15 is 0 Å². The first-order chi connectivity index (χ1) is 8.83. The molecule has 86 valence electrons. The van der Waals surface area contributed by atoms with E-state index in [0.29, 0.717) is 0 Å². The van der Waals surface area contributed by atoms with Gasteiger partial charge >= 0.3 is 0 Å². The van der Waals surface area contributed by atoms with Crippen LogP contribution in [0.15, 0.2) is 42.5 Å². The first-order valence-electron chi connectivity index (χ1n) is 5.97. The number of anilines is 2. The molecule has 0 saturated carbocycles. The zero-order valence-electron chi connectivity index (χ0n) is 9.94. The maximum atomic E-state index is 4.62. The van der Waals surface area contributed by atoms with Gasteiger partial charge in [-0.3, -0.25) is 0 Å². The largest absolute Gasteiger partial charge is 0.354 e. The van der Waals surface area contributed by atoms with E-state index in [4.69, 9.17) is 0 Å². The summed E-state index contributed by atoms with van der Waals surface area (Å²) in [6.07, 6.45) is 0. The molecule has 0 saturated heterocycles. The summed E-state index contributed by atoms with van der Waals surface area (Å²) in [5, 5.41) is 4.56. The van der Waals surface area contributed by atoms with Gasteiger partial charge in [-0.25, -0.2) is 9.97 Å². The molecule has 3 aromatic rings. The van der Waals surface area contributed by atoms with Crippen LogP contribution in [0, 0.1) is 6.92 Å². The highest BCUT2D eigenvalue weighted by Gasteiger charge is 2.19. The average Bonchev–Trinajstić information content (AvgIpc) is 2.38. The number of hydrogen-bond acceptors (Lipinski definition) is 3. The number of fused-ring (bicyclic) bond motifs is 2. The molecular weight excluding hydrogens is 222 g/mol. The van der Waals surface area contributed by atoms with Crippen LogP contribution in [0.5, 0.6) is 0 Å². The second-order valence-corrected chi connectivity index (χ2v) is 4.49. The van der Waals surface area contributed by atoms with Gasteiger partial charge in [0.05, 0.1) is 22.3 Å². The van der Waals surface area contributed by atoms with E-state index in [1.807, 2.05) is 31.2 Å². The number of rotatable bonds is 0. The second-order valence-electron chi connectivity index (χ2n) is 4.49. The van der Waals surface area contributed by atoms with Gasteiger partial charge in [0.25, 0.3) is 0 Å². The maximum absolute atomic E-state index is 4.62. The average molecular weight is 233 g/mol. The highest BCUT2D eigenvalue weighted by atomic mass is 14.9. The van der Waals surface area contributed by atoms with Crippen LogP contribution in [-0.4, -0.2) is 9.97 Å². The second kappa shape index (κ2) is 3.29. The number of hydrogen-bond donors (Lipinski definition) is 1. The van der Waals surface area contributed by atoms with Crippen LogP contribution in [0.3, 0.4) is 0 Å². The van der Waals surface area contributed by atoms with Crippen molar-refractivity contribution in [2.75, 3.05) is 5.32 Å². The van der Waals surface area contributed by atoms with Crippen LogP contribution in [0.2, 0.25) is 0 Å². The van der Waals surface area contributed by atoms with Crippen molar-refractivity contribution in [1.82, 2.24) is 9.97 Å². The molecule has 0 bridgehead atoms. The molecule has 2 aromatic carbocycles.